The van der Waals surface area contributed by atoms with E-state index in [4.69, 9.17) is 5.10 Å². The first-order valence-electron chi connectivity index (χ1n) is 9.97. The summed E-state index contributed by atoms with van der Waals surface area (Å²) in [7, 11) is 0. The molecule has 3 heterocycles. The summed E-state index contributed by atoms with van der Waals surface area (Å²) >= 11 is 1.44. The Morgan fingerprint density at radius 3 is 2.60 bits per heavy atom. The van der Waals surface area contributed by atoms with E-state index < -0.39 is 0 Å². The van der Waals surface area contributed by atoms with Crippen LogP contribution in [0.3, 0.4) is 0 Å². The highest BCUT2D eigenvalue weighted by molar-refractivity contribution is 7.12. The molecule has 0 saturated heterocycles. The maximum Gasteiger partial charge on any atom is 0.284 e. The lowest BCUT2D eigenvalue weighted by molar-refractivity contribution is 0.0716. The molecule has 1 amide bonds. The number of fused-ring (bicyclic) bond motifs is 1. The number of hydrazone groups is 1. The molecule has 0 spiro atoms. The van der Waals surface area contributed by atoms with Crippen LogP contribution in [0.15, 0.2) is 77.5 Å². The Hall–Kier alpha value is -3.38. The Labute approximate surface area is 178 Å². The molecule has 0 bridgehead atoms. The van der Waals surface area contributed by atoms with E-state index in [-0.39, 0.29) is 11.9 Å². The summed E-state index contributed by atoms with van der Waals surface area (Å²) in [6.07, 6.45) is 5.03. The Balaban J connectivity index is 1.54. The monoisotopic (exact) mass is 412 g/mol. The van der Waals surface area contributed by atoms with E-state index in [1.807, 2.05) is 35.7 Å². The molecule has 1 aliphatic rings. The van der Waals surface area contributed by atoms with Gasteiger partial charge < -0.3 is 0 Å². The van der Waals surface area contributed by atoms with Gasteiger partial charge >= 0.3 is 0 Å². The molecule has 0 N–H and O–H groups in total. The number of aryl methyl sites for hydroxylation is 1. The molecule has 148 valence electrons. The van der Waals surface area contributed by atoms with Crippen molar-refractivity contribution >= 4 is 34.0 Å². The minimum absolute atomic E-state index is 0.0746. The van der Waals surface area contributed by atoms with Crippen LogP contribution in [0.5, 0.6) is 0 Å². The first-order chi connectivity index (χ1) is 14.7. The largest absolute Gasteiger partial charge is 0.284 e. The standard InChI is InChI=1S/C24H20N4OS/c1-2-16-5-7-17(8-6-16)20-15-22(28(27-20)24(29)23-4-3-13-30-23)18-9-10-19-21(14-18)26-12-11-25-19/h3-14,22H,2,15H2,1H3/t22-/m1/s1. The molecule has 0 radical (unpaired) electrons. The number of carbonyl (C=O) groups excluding carboxylic acids is 1. The van der Waals surface area contributed by atoms with Gasteiger partial charge in [0.1, 0.15) is 0 Å². The summed E-state index contributed by atoms with van der Waals surface area (Å²) in [5, 5.41) is 8.32. The second-order valence-corrected chi connectivity index (χ2v) is 8.20. The zero-order chi connectivity index (χ0) is 20.5. The zero-order valence-corrected chi connectivity index (χ0v) is 17.3. The van der Waals surface area contributed by atoms with Gasteiger partial charge in [-0.25, -0.2) is 5.01 Å². The second kappa shape index (κ2) is 7.80. The Morgan fingerprint density at radius 2 is 1.87 bits per heavy atom. The molecule has 30 heavy (non-hydrogen) atoms. The average molecular weight is 413 g/mol. The van der Waals surface area contributed by atoms with Gasteiger partial charge in [0.15, 0.2) is 0 Å². The quantitative estimate of drug-likeness (QED) is 0.460. The van der Waals surface area contributed by atoms with Gasteiger partial charge in [-0.2, -0.15) is 5.10 Å². The molecule has 1 aliphatic heterocycles. The normalized spacial score (nSPS) is 16.1. The van der Waals surface area contributed by atoms with Crippen LogP contribution < -0.4 is 0 Å². The molecular weight excluding hydrogens is 392 g/mol. The SMILES string of the molecule is CCc1ccc(C2=NN(C(=O)c3cccs3)[C@@H](c3ccc4nccnc4c3)C2)cc1. The van der Waals surface area contributed by atoms with Gasteiger partial charge in [-0.15, -0.1) is 11.3 Å². The second-order valence-electron chi connectivity index (χ2n) is 7.25. The smallest absolute Gasteiger partial charge is 0.266 e. The molecule has 5 rings (SSSR count). The van der Waals surface area contributed by atoms with Gasteiger partial charge in [0, 0.05) is 18.8 Å². The number of hydrogen-bond acceptors (Lipinski definition) is 5. The van der Waals surface area contributed by atoms with Crippen LogP contribution in [0.25, 0.3) is 11.0 Å². The summed E-state index contributed by atoms with van der Waals surface area (Å²) < 4.78 is 0. The van der Waals surface area contributed by atoms with Crippen LogP contribution in [-0.2, 0) is 6.42 Å². The average Bonchev–Trinajstić information content (AvgIpc) is 3.49. The molecule has 4 aromatic rings. The summed E-state index contributed by atoms with van der Waals surface area (Å²) in [5.41, 5.74) is 5.93. The molecule has 1 atom stereocenters. The van der Waals surface area contributed by atoms with E-state index in [0.29, 0.717) is 11.3 Å². The molecule has 0 saturated carbocycles. The van der Waals surface area contributed by atoms with Crippen LogP contribution in [0.1, 0.15) is 45.7 Å². The summed E-state index contributed by atoms with van der Waals surface area (Å²) in [5.74, 6) is -0.0746. The van der Waals surface area contributed by atoms with Crippen molar-refractivity contribution in [2.24, 2.45) is 5.10 Å². The third-order valence-corrected chi connectivity index (χ3v) is 6.28. The first kappa shape index (κ1) is 18.6. The highest BCUT2D eigenvalue weighted by Gasteiger charge is 2.34. The third kappa shape index (κ3) is 3.39. The van der Waals surface area contributed by atoms with E-state index in [1.165, 1.54) is 16.9 Å². The van der Waals surface area contributed by atoms with Gasteiger partial charge in [0.25, 0.3) is 5.91 Å². The number of carbonyl (C=O) groups is 1. The fraction of sp³-hybridized carbons (Fsp3) is 0.167. The molecular formula is C24H20N4OS. The molecule has 2 aromatic carbocycles. The predicted octanol–water partition coefficient (Wildman–Crippen LogP) is 5.25. The lowest BCUT2D eigenvalue weighted by atomic mass is 9.97. The predicted molar refractivity (Wildman–Crippen MR) is 120 cm³/mol. The van der Waals surface area contributed by atoms with E-state index >= 15 is 0 Å². The number of aromatic nitrogens is 2. The van der Waals surface area contributed by atoms with Crippen molar-refractivity contribution in [2.45, 2.75) is 25.8 Å². The molecule has 2 aromatic heterocycles. The van der Waals surface area contributed by atoms with Crippen molar-refractivity contribution in [2.75, 3.05) is 0 Å². The molecule has 0 aliphatic carbocycles. The fourth-order valence-electron chi connectivity index (χ4n) is 3.77. The van der Waals surface area contributed by atoms with Crippen LogP contribution in [0.4, 0.5) is 0 Å². The van der Waals surface area contributed by atoms with E-state index in [0.717, 1.165) is 34.3 Å². The minimum Gasteiger partial charge on any atom is -0.266 e. The lowest BCUT2D eigenvalue weighted by Gasteiger charge is -2.21. The van der Waals surface area contributed by atoms with Crippen molar-refractivity contribution < 1.29 is 4.79 Å². The number of benzene rings is 2. The van der Waals surface area contributed by atoms with Crippen molar-refractivity contribution in [1.82, 2.24) is 15.0 Å². The van der Waals surface area contributed by atoms with E-state index in [2.05, 4.69) is 41.2 Å². The molecule has 0 fully saturated rings. The number of amides is 1. The summed E-state index contributed by atoms with van der Waals surface area (Å²) in [4.78, 5) is 22.7. The van der Waals surface area contributed by atoms with Crippen LogP contribution in [-0.4, -0.2) is 26.6 Å². The Bertz CT molecular complexity index is 1230. The van der Waals surface area contributed by atoms with Gasteiger partial charge in [0.05, 0.1) is 27.7 Å². The van der Waals surface area contributed by atoms with Crippen LogP contribution in [0, 0.1) is 0 Å². The van der Waals surface area contributed by atoms with Crippen molar-refractivity contribution in [1.29, 1.82) is 0 Å². The molecule has 0 unspecified atom stereocenters. The van der Waals surface area contributed by atoms with Crippen LogP contribution in [0.2, 0.25) is 0 Å². The first-order valence-corrected chi connectivity index (χ1v) is 10.9. The number of hydrogen-bond donors (Lipinski definition) is 0. The Kier molecular flexibility index (Phi) is 4.85. The summed E-state index contributed by atoms with van der Waals surface area (Å²) in [6.45, 7) is 2.14. The highest BCUT2D eigenvalue weighted by atomic mass is 32.1. The number of nitrogens with zero attached hydrogens (tertiary/aromatic N) is 4. The molecule has 5 nitrogen and oxygen atoms in total. The topological polar surface area (TPSA) is 58.5 Å². The van der Waals surface area contributed by atoms with Crippen LogP contribution >= 0.6 is 11.3 Å². The maximum atomic E-state index is 13.2. The van der Waals surface area contributed by atoms with Gasteiger partial charge in [0.2, 0.25) is 0 Å². The van der Waals surface area contributed by atoms with Crippen molar-refractivity contribution in [3.63, 3.8) is 0 Å². The maximum absolute atomic E-state index is 13.2. The number of rotatable bonds is 4. The number of thiophene rings is 1. The van der Waals surface area contributed by atoms with Crippen molar-refractivity contribution in [3.8, 4) is 0 Å². The zero-order valence-electron chi connectivity index (χ0n) is 16.5. The Morgan fingerprint density at radius 1 is 1.07 bits per heavy atom. The fourth-order valence-corrected chi connectivity index (χ4v) is 4.42. The summed E-state index contributed by atoms with van der Waals surface area (Å²) in [6, 6.07) is 18.0. The van der Waals surface area contributed by atoms with E-state index in [1.54, 1.807) is 17.4 Å². The minimum atomic E-state index is -0.174. The third-order valence-electron chi connectivity index (χ3n) is 5.42. The molecule has 6 heteroatoms. The van der Waals surface area contributed by atoms with Gasteiger partial charge in [-0.1, -0.05) is 43.3 Å². The van der Waals surface area contributed by atoms with E-state index in [9.17, 15) is 4.79 Å². The van der Waals surface area contributed by atoms with Crippen molar-refractivity contribution in [3.05, 3.63) is 93.9 Å². The lowest BCUT2D eigenvalue weighted by Crippen LogP contribution is -2.26. The highest BCUT2D eigenvalue weighted by Crippen LogP contribution is 2.35. The van der Waals surface area contributed by atoms with Gasteiger partial charge in [-0.05, 0) is 46.7 Å². The van der Waals surface area contributed by atoms with Gasteiger partial charge in [-0.3, -0.25) is 14.8 Å².